The molecule has 0 aliphatic carbocycles. The number of halogens is 1. The van der Waals surface area contributed by atoms with Gasteiger partial charge in [0.1, 0.15) is 5.82 Å². The minimum atomic E-state index is -3.71. The van der Waals surface area contributed by atoms with Crippen molar-refractivity contribution in [2.75, 3.05) is 0 Å². The van der Waals surface area contributed by atoms with Crippen LogP contribution >= 0.6 is 0 Å². The van der Waals surface area contributed by atoms with Crippen LogP contribution in [0.25, 0.3) is 0 Å². The monoisotopic (exact) mass is 336 g/mol. The molecule has 0 fully saturated rings. The van der Waals surface area contributed by atoms with Crippen LogP contribution in [0.2, 0.25) is 0 Å². The van der Waals surface area contributed by atoms with E-state index < -0.39 is 10.0 Å². The summed E-state index contributed by atoms with van der Waals surface area (Å²) in [6, 6.07) is 12.3. The van der Waals surface area contributed by atoms with Crippen LogP contribution in [0.1, 0.15) is 17.5 Å². The third-order valence-electron chi connectivity index (χ3n) is 3.33. The maximum atomic E-state index is 13.4. The Morgan fingerprint density at radius 2 is 1.74 bits per heavy atom. The molecule has 0 atom stereocenters. The van der Waals surface area contributed by atoms with E-state index in [2.05, 4.69) is 5.32 Å². The van der Waals surface area contributed by atoms with Crippen molar-refractivity contribution in [2.24, 2.45) is 5.14 Å². The van der Waals surface area contributed by atoms with Gasteiger partial charge in [-0.05, 0) is 30.2 Å². The number of amides is 1. The highest BCUT2D eigenvalue weighted by Crippen LogP contribution is 2.10. The van der Waals surface area contributed by atoms with E-state index in [0.29, 0.717) is 12.0 Å². The lowest BCUT2D eigenvalue weighted by Gasteiger charge is -2.07. The Hall–Kier alpha value is -2.25. The number of rotatable bonds is 6. The van der Waals surface area contributed by atoms with Gasteiger partial charge in [-0.2, -0.15) is 0 Å². The first-order chi connectivity index (χ1) is 10.9. The Morgan fingerprint density at radius 3 is 2.35 bits per heavy atom. The first-order valence-electron chi connectivity index (χ1n) is 6.98. The summed E-state index contributed by atoms with van der Waals surface area (Å²) in [6.45, 7) is 0.135. The van der Waals surface area contributed by atoms with E-state index in [1.54, 1.807) is 30.3 Å². The third-order valence-corrected chi connectivity index (χ3v) is 4.26. The van der Waals surface area contributed by atoms with Gasteiger partial charge >= 0.3 is 0 Å². The molecule has 0 unspecified atom stereocenters. The summed E-state index contributed by atoms with van der Waals surface area (Å²) in [6.07, 6.45) is 0.678. The van der Waals surface area contributed by atoms with Gasteiger partial charge in [0.25, 0.3) is 0 Å². The second-order valence-corrected chi connectivity index (χ2v) is 6.62. The largest absolute Gasteiger partial charge is 0.352 e. The van der Waals surface area contributed by atoms with Gasteiger partial charge in [-0.1, -0.05) is 30.3 Å². The molecule has 1 amide bonds. The zero-order valence-corrected chi connectivity index (χ0v) is 13.1. The molecular weight excluding hydrogens is 319 g/mol. The molecule has 0 bridgehead atoms. The van der Waals surface area contributed by atoms with Crippen LogP contribution in [-0.4, -0.2) is 14.3 Å². The highest BCUT2D eigenvalue weighted by atomic mass is 32.2. The second kappa shape index (κ2) is 7.34. The molecule has 7 heteroatoms. The normalized spacial score (nSPS) is 11.2. The van der Waals surface area contributed by atoms with Crippen LogP contribution in [0, 0.1) is 5.82 Å². The average molecular weight is 336 g/mol. The van der Waals surface area contributed by atoms with Crippen molar-refractivity contribution < 1.29 is 17.6 Å². The highest BCUT2D eigenvalue weighted by Gasteiger charge is 2.08. The molecule has 0 aromatic heterocycles. The molecule has 122 valence electrons. The second-order valence-electron chi connectivity index (χ2n) is 5.06. The third kappa shape index (κ3) is 5.15. The first-order valence-corrected chi connectivity index (χ1v) is 8.53. The molecule has 0 aliphatic heterocycles. The number of hydrogen-bond acceptors (Lipinski definition) is 3. The van der Waals surface area contributed by atoms with Crippen LogP contribution in [0.15, 0.2) is 53.4 Å². The van der Waals surface area contributed by atoms with E-state index >= 15 is 0 Å². The number of hydrogen-bond donors (Lipinski definition) is 2. The first kappa shape index (κ1) is 17.1. The fourth-order valence-electron chi connectivity index (χ4n) is 2.03. The average Bonchev–Trinajstić information content (AvgIpc) is 2.51. The quantitative estimate of drug-likeness (QED) is 0.842. The lowest BCUT2D eigenvalue weighted by molar-refractivity contribution is -0.121. The van der Waals surface area contributed by atoms with Gasteiger partial charge in [-0.25, -0.2) is 17.9 Å². The summed E-state index contributed by atoms with van der Waals surface area (Å²) in [5.74, 6) is -0.560. The Balaban J connectivity index is 1.84. The highest BCUT2D eigenvalue weighted by molar-refractivity contribution is 7.89. The predicted molar refractivity (Wildman–Crippen MR) is 84.4 cm³/mol. The predicted octanol–water partition coefficient (Wildman–Crippen LogP) is 1.72. The van der Waals surface area contributed by atoms with Crippen molar-refractivity contribution in [1.82, 2.24) is 5.32 Å². The van der Waals surface area contributed by atoms with Crippen molar-refractivity contribution in [3.63, 3.8) is 0 Å². The molecule has 2 aromatic rings. The smallest absolute Gasteiger partial charge is 0.238 e. The van der Waals surface area contributed by atoms with Gasteiger partial charge in [0.2, 0.25) is 15.9 Å². The van der Waals surface area contributed by atoms with E-state index in [0.717, 1.165) is 5.56 Å². The number of sulfonamides is 1. The molecule has 0 heterocycles. The van der Waals surface area contributed by atoms with Gasteiger partial charge in [-0.15, -0.1) is 0 Å². The Bertz CT molecular complexity index is 789. The van der Waals surface area contributed by atoms with Gasteiger partial charge in [0.15, 0.2) is 0 Å². The van der Waals surface area contributed by atoms with Gasteiger partial charge in [0, 0.05) is 18.5 Å². The molecule has 0 aliphatic rings. The molecule has 2 rings (SSSR count). The molecule has 5 nitrogen and oxygen atoms in total. The molecular formula is C16H17FN2O3S. The summed E-state index contributed by atoms with van der Waals surface area (Å²) in [5.41, 5.74) is 1.25. The summed E-state index contributed by atoms with van der Waals surface area (Å²) >= 11 is 0. The summed E-state index contributed by atoms with van der Waals surface area (Å²) in [7, 11) is -3.71. The summed E-state index contributed by atoms with van der Waals surface area (Å²) < 4.78 is 35.7. The number of benzene rings is 2. The van der Waals surface area contributed by atoms with Gasteiger partial charge in [0.05, 0.1) is 4.90 Å². The number of carbonyl (C=O) groups is 1. The SMILES string of the molecule is NS(=O)(=O)c1ccc(CCC(=O)NCc2ccccc2F)cc1. The fourth-order valence-corrected chi connectivity index (χ4v) is 2.54. The standard InChI is InChI=1S/C16H17FN2O3S/c17-15-4-2-1-3-13(15)11-19-16(20)10-7-12-5-8-14(9-6-12)23(18,21)22/h1-6,8-9H,7,10-11H2,(H,19,20)(H2,18,21,22). The number of primary sulfonamides is 1. The molecule has 0 radical (unpaired) electrons. The maximum Gasteiger partial charge on any atom is 0.238 e. The lowest BCUT2D eigenvalue weighted by atomic mass is 10.1. The van der Waals surface area contributed by atoms with Crippen molar-refractivity contribution in [3.05, 3.63) is 65.5 Å². The Kier molecular flexibility index (Phi) is 5.46. The van der Waals surface area contributed by atoms with Gasteiger partial charge < -0.3 is 5.32 Å². The van der Waals surface area contributed by atoms with E-state index in [1.165, 1.54) is 18.2 Å². The van der Waals surface area contributed by atoms with E-state index in [1.807, 2.05) is 0 Å². The number of carbonyl (C=O) groups excluding carboxylic acids is 1. The fraction of sp³-hybridized carbons (Fsp3) is 0.188. The molecule has 3 N–H and O–H groups in total. The van der Waals surface area contributed by atoms with E-state index in [9.17, 15) is 17.6 Å². The number of nitrogens with two attached hydrogens (primary N) is 1. The number of nitrogens with one attached hydrogen (secondary N) is 1. The molecule has 0 spiro atoms. The molecule has 0 saturated heterocycles. The van der Waals surface area contributed by atoms with Crippen molar-refractivity contribution in [1.29, 1.82) is 0 Å². The van der Waals surface area contributed by atoms with Crippen LogP contribution in [0.4, 0.5) is 4.39 Å². The zero-order valence-electron chi connectivity index (χ0n) is 12.3. The van der Waals surface area contributed by atoms with E-state index in [-0.39, 0.29) is 29.6 Å². The minimum absolute atomic E-state index is 0.0326. The van der Waals surface area contributed by atoms with Crippen molar-refractivity contribution in [3.8, 4) is 0 Å². The van der Waals surface area contributed by atoms with E-state index in [4.69, 9.17) is 5.14 Å². The molecule has 2 aromatic carbocycles. The van der Waals surface area contributed by atoms with Crippen LogP contribution < -0.4 is 10.5 Å². The lowest BCUT2D eigenvalue weighted by Crippen LogP contribution is -2.23. The minimum Gasteiger partial charge on any atom is -0.352 e. The summed E-state index contributed by atoms with van der Waals surface area (Å²) in [4.78, 5) is 11.8. The zero-order chi connectivity index (χ0) is 16.9. The van der Waals surface area contributed by atoms with Crippen LogP contribution in [0.5, 0.6) is 0 Å². The van der Waals surface area contributed by atoms with Crippen molar-refractivity contribution in [2.45, 2.75) is 24.3 Å². The molecule has 0 saturated carbocycles. The topological polar surface area (TPSA) is 89.3 Å². The number of aryl methyl sites for hydroxylation is 1. The molecule has 23 heavy (non-hydrogen) atoms. The maximum absolute atomic E-state index is 13.4. The summed E-state index contributed by atoms with van der Waals surface area (Å²) in [5, 5.41) is 7.66. The Labute approximate surface area is 134 Å². The van der Waals surface area contributed by atoms with Gasteiger partial charge in [-0.3, -0.25) is 4.79 Å². The Morgan fingerprint density at radius 1 is 1.09 bits per heavy atom. The van der Waals surface area contributed by atoms with Crippen LogP contribution in [0.3, 0.4) is 0 Å². The van der Waals surface area contributed by atoms with Crippen molar-refractivity contribution >= 4 is 15.9 Å². The van der Waals surface area contributed by atoms with Crippen LogP contribution in [-0.2, 0) is 27.8 Å².